The molecule has 0 fully saturated rings. The summed E-state index contributed by atoms with van der Waals surface area (Å²) in [6.45, 7) is 0.626. The molecule has 14 heavy (non-hydrogen) atoms. The van der Waals surface area contributed by atoms with Crippen molar-refractivity contribution in [3.63, 3.8) is 0 Å². The highest BCUT2D eigenvalue weighted by atomic mass is 35.5. The van der Waals surface area contributed by atoms with E-state index >= 15 is 0 Å². The molecule has 0 unspecified atom stereocenters. The number of nitrogens with one attached hydrogen (secondary N) is 1. The maximum absolute atomic E-state index is 11.3. The molecule has 0 aromatic carbocycles. The third kappa shape index (κ3) is 6.10. The van der Waals surface area contributed by atoms with E-state index in [0.717, 1.165) is 5.75 Å². The first-order valence-electron chi connectivity index (χ1n) is 4.21. The molecule has 0 aliphatic carbocycles. The van der Waals surface area contributed by atoms with Crippen molar-refractivity contribution in [3.8, 4) is 0 Å². The third-order valence-electron chi connectivity index (χ3n) is 1.55. The second-order valence-electron chi connectivity index (χ2n) is 2.71. The number of rotatable bonds is 5. The summed E-state index contributed by atoms with van der Waals surface area (Å²) in [6, 6.07) is -0.367. The zero-order valence-corrected chi connectivity index (χ0v) is 9.95. The van der Waals surface area contributed by atoms with Gasteiger partial charge in [0.1, 0.15) is 0 Å². The molecule has 3 amide bonds. The molecule has 4 nitrogen and oxygen atoms in total. The minimum atomic E-state index is -0.367. The summed E-state index contributed by atoms with van der Waals surface area (Å²) < 4.78 is 0. The molecule has 6 heteroatoms. The SMILES string of the molecule is CSCCN(C)C(=O)NC(=O)CCCl. The highest BCUT2D eigenvalue weighted by Crippen LogP contribution is 1.94. The van der Waals surface area contributed by atoms with E-state index in [1.54, 1.807) is 18.8 Å². The van der Waals surface area contributed by atoms with Gasteiger partial charge in [0, 0.05) is 31.6 Å². The summed E-state index contributed by atoms with van der Waals surface area (Å²) >= 11 is 7.00. The van der Waals surface area contributed by atoms with Crippen LogP contribution in [-0.4, -0.2) is 48.3 Å². The van der Waals surface area contributed by atoms with Crippen LogP contribution in [0.15, 0.2) is 0 Å². The van der Waals surface area contributed by atoms with Gasteiger partial charge in [-0.3, -0.25) is 10.1 Å². The molecular formula is C8H15ClN2O2S. The van der Waals surface area contributed by atoms with Crippen LogP contribution in [0.25, 0.3) is 0 Å². The maximum Gasteiger partial charge on any atom is 0.323 e. The van der Waals surface area contributed by atoms with Crippen LogP contribution in [-0.2, 0) is 4.79 Å². The summed E-state index contributed by atoms with van der Waals surface area (Å²) in [5, 5.41) is 2.24. The van der Waals surface area contributed by atoms with Gasteiger partial charge < -0.3 is 4.90 Å². The Morgan fingerprint density at radius 2 is 2.14 bits per heavy atom. The number of nitrogens with zero attached hydrogens (tertiary/aromatic N) is 1. The van der Waals surface area contributed by atoms with Gasteiger partial charge in [-0.25, -0.2) is 4.79 Å². The van der Waals surface area contributed by atoms with Gasteiger partial charge in [-0.05, 0) is 6.26 Å². The van der Waals surface area contributed by atoms with Gasteiger partial charge in [-0.1, -0.05) is 0 Å². The van der Waals surface area contributed by atoms with E-state index in [2.05, 4.69) is 5.32 Å². The monoisotopic (exact) mass is 238 g/mol. The van der Waals surface area contributed by atoms with Gasteiger partial charge in [-0.2, -0.15) is 11.8 Å². The van der Waals surface area contributed by atoms with Crippen molar-refractivity contribution in [3.05, 3.63) is 0 Å². The van der Waals surface area contributed by atoms with E-state index in [1.165, 1.54) is 4.90 Å². The molecule has 0 aromatic heterocycles. The molecule has 0 heterocycles. The normalized spacial score (nSPS) is 9.64. The predicted octanol–water partition coefficient (Wildman–Crippen LogP) is 1.15. The van der Waals surface area contributed by atoms with E-state index in [-0.39, 0.29) is 24.2 Å². The predicted molar refractivity (Wildman–Crippen MR) is 59.9 cm³/mol. The van der Waals surface area contributed by atoms with Crippen LogP contribution in [0.1, 0.15) is 6.42 Å². The molecule has 0 radical (unpaired) electrons. The van der Waals surface area contributed by atoms with Crippen molar-refractivity contribution in [2.24, 2.45) is 0 Å². The first kappa shape index (κ1) is 13.6. The van der Waals surface area contributed by atoms with E-state index in [0.29, 0.717) is 6.54 Å². The summed E-state index contributed by atoms with van der Waals surface area (Å²) in [6.07, 6.45) is 2.13. The summed E-state index contributed by atoms with van der Waals surface area (Å²) in [7, 11) is 1.65. The highest BCUT2D eigenvalue weighted by Gasteiger charge is 2.10. The molecule has 0 aliphatic rings. The summed E-state index contributed by atoms with van der Waals surface area (Å²) in [4.78, 5) is 23.7. The van der Waals surface area contributed by atoms with E-state index in [4.69, 9.17) is 11.6 Å². The second-order valence-corrected chi connectivity index (χ2v) is 4.07. The zero-order chi connectivity index (χ0) is 11.0. The van der Waals surface area contributed by atoms with E-state index in [1.807, 2.05) is 6.26 Å². The summed E-state index contributed by atoms with van der Waals surface area (Å²) in [5.74, 6) is 0.752. The second kappa shape index (κ2) is 7.94. The van der Waals surface area contributed by atoms with Crippen molar-refractivity contribution in [2.75, 3.05) is 31.5 Å². The van der Waals surface area contributed by atoms with Crippen LogP contribution in [0.2, 0.25) is 0 Å². The largest absolute Gasteiger partial charge is 0.327 e. The van der Waals surface area contributed by atoms with Crippen molar-refractivity contribution in [1.82, 2.24) is 10.2 Å². The van der Waals surface area contributed by atoms with Crippen molar-refractivity contribution in [2.45, 2.75) is 6.42 Å². The fourth-order valence-corrected chi connectivity index (χ4v) is 1.32. The Labute approximate surface area is 93.4 Å². The topological polar surface area (TPSA) is 49.4 Å². The quantitative estimate of drug-likeness (QED) is 0.731. The minimum Gasteiger partial charge on any atom is -0.327 e. The first-order chi connectivity index (χ1) is 6.61. The molecule has 82 valence electrons. The Bertz CT molecular complexity index is 202. The Morgan fingerprint density at radius 3 is 2.64 bits per heavy atom. The Morgan fingerprint density at radius 1 is 1.50 bits per heavy atom. The van der Waals surface area contributed by atoms with Crippen LogP contribution < -0.4 is 5.32 Å². The number of carbonyl (C=O) groups is 2. The number of amides is 3. The lowest BCUT2D eigenvalue weighted by molar-refractivity contribution is -0.119. The molecular weight excluding hydrogens is 224 g/mol. The number of halogens is 1. The average Bonchev–Trinajstić information content (AvgIpc) is 2.14. The molecule has 0 spiro atoms. The molecule has 0 rings (SSSR count). The van der Waals surface area contributed by atoms with Gasteiger partial charge >= 0.3 is 6.03 Å². The molecule has 0 saturated carbocycles. The average molecular weight is 239 g/mol. The smallest absolute Gasteiger partial charge is 0.323 e. The first-order valence-corrected chi connectivity index (χ1v) is 6.14. The van der Waals surface area contributed by atoms with Crippen molar-refractivity contribution >= 4 is 35.3 Å². The third-order valence-corrected chi connectivity index (χ3v) is 2.33. The van der Waals surface area contributed by atoms with Gasteiger partial charge in [0.15, 0.2) is 0 Å². The highest BCUT2D eigenvalue weighted by molar-refractivity contribution is 7.98. The standard InChI is InChI=1S/C8H15ClN2O2S/c1-11(5-6-14-2)8(13)10-7(12)3-4-9/h3-6H2,1-2H3,(H,10,12,13). The number of carbonyl (C=O) groups excluding carboxylic acids is 2. The molecule has 0 aliphatic heterocycles. The fraction of sp³-hybridized carbons (Fsp3) is 0.750. The number of thioether (sulfide) groups is 1. The van der Waals surface area contributed by atoms with Gasteiger partial charge in [0.2, 0.25) is 5.91 Å². The lowest BCUT2D eigenvalue weighted by Crippen LogP contribution is -2.41. The van der Waals surface area contributed by atoms with E-state index in [9.17, 15) is 9.59 Å². The van der Waals surface area contributed by atoms with Crippen molar-refractivity contribution < 1.29 is 9.59 Å². The van der Waals surface area contributed by atoms with Crippen LogP contribution in [0.5, 0.6) is 0 Å². The number of hydrogen-bond acceptors (Lipinski definition) is 3. The van der Waals surface area contributed by atoms with Gasteiger partial charge in [0.25, 0.3) is 0 Å². The van der Waals surface area contributed by atoms with Crippen LogP contribution >= 0.6 is 23.4 Å². The molecule has 1 N–H and O–H groups in total. The number of alkyl halides is 1. The van der Waals surface area contributed by atoms with Gasteiger partial charge in [-0.15, -0.1) is 11.6 Å². The molecule has 0 atom stereocenters. The van der Waals surface area contributed by atoms with Crippen LogP contribution in [0, 0.1) is 0 Å². The lowest BCUT2D eigenvalue weighted by atomic mass is 10.4. The maximum atomic E-state index is 11.3. The van der Waals surface area contributed by atoms with Gasteiger partial charge in [0.05, 0.1) is 0 Å². The van der Waals surface area contributed by atoms with Crippen LogP contribution in [0.3, 0.4) is 0 Å². The molecule has 0 bridgehead atoms. The molecule has 0 aromatic rings. The van der Waals surface area contributed by atoms with Crippen molar-refractivity contribution in [1.29, 1.82) is 0 Å². The molecule has 0 saturated heterocycles. The Balaban J connectivity index is 3.76. The number of hydrogen-bond donors (Lipinski definition) is 1. The summed E-state index contributed by atoms with van der Waals surface area (Å²) in [5.41, 5.74) is 0. The minimum absolute atomic E-state index is 0.170. The number of urea groups is 1. The lowest BCUT2D eigenvalue weighted by Gasteiger charge is -2.16. The Hall–Kier alpha value is -0.420. The fourth-order valence-electron chi connectivity index (χ4n) is 0.693. The van der Waals surface area contributed by atoms with E-state index < -0.39 is 0 Å². The van der Waals surface area contributed by atoms with Crippen LogP contribution in [0.4, 0.5) is 4.79 Å². The number of imide groups is 1. The zero-order valence-electron chi connectivity index (χ0n) is 8.38. The Kier molecular flexibility index (Phi) is 7.70.